The molecular weight excluding hydrogens is 789 g/mol. The van der Waals surface area contributed by atoms with Crippen molar-refractivity contribution in [2.45, 2.75) is 0 Å². The zero-order valence-corrected chi connectivity index (χ0v) is 34.3. The Hall–Kier alpha value is -8.74. The highest BCUT2D eigenvalue weighted by atomic mass is 16.5. The van der Waals surface area contributed by atoms with E-state index in [0.717, 1.165) is 123 Å². The molecule has 0 bridgehead atoms. The van der Waals surface area contributed by atoms with Crippen LogP contribution in [0.2, 0.25) is 0 Å². The molecule has 0 amide bonds. The summed E-state index contributed by atoms with van der Waals surface area (Å²) in [6, 6.07) is 72.4. The Bertz CT molecular complexity index is 3640. The van der Waals surface area contributed by atoms with Gasteiger partial charge in [-0.05, 0) is 126 Å². The normalized spacial score (nSPS) is 11.9. The van der Waals surface area contributed by atoms with Crippen molar-refractivity contribution < 1.29 is 18.7 Å². The highest BCUT2D eigenvalue weighted by Crippen LogP contribution is 2.52. The number of hydrogen-bond acceptors (Lipinski definition) is 6. The van der Waals surface area contributed by atoms with E-state index in [1.54, 1.807) is 0 Å². The Morgan fingerprint density at radius 2 is 0.781 bits per heavy atom. The van der Waals surface area contributed by atoms with Crippen LogP contribution in [0.4, 0.5) is 34.1 Å². The summed E-state index contributed by atoms with van der Waals surface area (Å²) in [7, 11) is 0. The third-order valence-electron chi connectivity index (χ3n) is 12.5. The van der Waals surface area contributed by atoms with Gasteiger partial charge < -0.3 is 28.5 Å². The molecule has 12 aromatic rings. The fourth-order valence-electron chi connectivity index (χ4n) is 9.64. The molecule has 10 aromatic carbocycles. The number of nitrogens with zero attached hydrogens (tertiary/aromatic N) is 2. The molecule has 6 nitrogen and oxygen atoms in total. The van der Waals surface area contributed by atoms with Crippen molar-refractivity contribution in [3.63, 3.8) is 0 Å². The molecule has 0 unspecified atom stereocenters. The number of phenolic OH excluding ortho intramolecular Hbond substituents is 1. The van der Waals surface area contributed by atoms with E-state index in [1.165, 1.54) is 0 Å². The maximum Gasteiger partial charge on any atom is 0.137 e. The predicted molar refractivity (Wildman–Crippen MR) is 260 cm³/mol. The number of ether oxygens (including phenoxy) is 1. The van der Waals surface area contributed by atoms with Crippen LogP contribution in [0.25, 0.3) is 76.9 Å². The first-order valence-corrected chi connectivity index (χ1v) is 21.4. The smallest absolute Gasteiger partial charge is 0.137 e. The summed E-state index contributed by atoms with van der Waals surface area (Å²) in [5.41, 5.74) is 12.8. The minimum absolute atomic E-state index is 0.163. The van der Waals surface area contributed by atoms with Crippen molar-refractivity contribution in [2.24, 2.45) is 0 Å². The van der Waals surface area contributed by atoms with Crippen LogP contribution < -0.4 is 14.5 Å². The highest BCUT2D eigenvalue weighted by molar-refractivity contribution is 6.12. The zero-order valence-electron chi connectivity index (χ0n) is 34.3. The number of fused-ring (bicyclic) bond motifs is 8. The van der Waals surface area contributed by atoms with Gasteiger partial charge in [-0.3, -0.25) is 0 Å². The van der Waals surface area contributed by atoms with Crippen molar-refractivity contribution in [1.29, 1.82) is 0 Å². The fourth-order valence-corrected chi connectivity index (χ4v) is 9.64. The van der Waals surface area contributed by atoms with Gasteiger partial charge in [0.25, 0.3) is 0 Å². The van der Waals surface area contributed by atoms with E-state index in [4.69, 9.17) is 13.6 Å². The van der Waals surface area contributed by atoms with Crippen molar-refractivity contribution in [2.75, 3.05) is 9.80 Å². The van der Waals surface area contributed by atoms with Gasteiger partial charge in [0.1, 0.15) is 39.6 Å². The Morgan fingerprint density at radius 3 is 1.41 bits per heavy atom. The molecule has 0 atom stereocenters. The van der Waals surface area contributed by atoms with Gasteiger partial charge in [-0.25, -0.2) is 0 Å². The number of aromatic hydroxyl groups is 1. The van der Waals surface area contributed by atoms with Crippen LogP contribution >= 0.6 is 0 Å². The second kappa shape index (κ2) is 14.2. The number of para-hydroxylation sites is 4. The van der Waals surface area contributed by atoms with E-state index in [0.29, 0.717) is 0 Å². The van der Waals surface area contributed by atoms with Crippen LogP contribution in [-0.2, 0) is 0 Å². The van der Waals surface area contributed by atoms with Gasteiger partial charge in [0.15, 0.2) is 0 Å². The summed E-state index contributed by atoms with van der Waals surface area (Å²) in [5.74, 6) is 1.73. The maximum atomic E-state index is 12.2. The maximum absolute atomic E-state index is 12.2. The van der Waals surface area contributed by atoms with Crippen LogP contribution in [0, 0.1) is 0 Å². The fraction of sp³-hybridized carbons (Fsp3) is 0. The second-order valence-electron chi connectivity index (χ2n) is 16.2. The van der Waals surface area contributed by atoms with Crippen LogP contribution in [-0.4, -0.2) is 5.11 Å². The van der Waals surface area contributed by atoms with E-state index in [-0.39, 0.29) is 5.75 Å². The van der Waals surface area contributed by atoms with E-state index in [1.807, 2.05) is 78.9 Å². The summed E-state index contributed by atoms with van der Waals surface area (Å²) < 4.78 is 19.2. The molecule has 6 heteroatoms. The molecule has 0 fully saturated rings. The number of benzene rings is 10. The van der Waals surface area contributed by atoms with E-state index < -0.39 is 0 Å². The summed E-state index contributed by atoms with van der Waals surface area (Å²) in [5, 5.41) is 18.3. The average Bonchev–Trinajstić information content (AvgIpc) is 3.91. The van der Waals surface area contributed by atoms with Crippen molar-refractivity contribution in [3.8, 4) is 39.5 Å². The molecule has 0 aliphatic carbocycles. The molecule has 0 spiro atoms. The van der Waals surface area contributed by atoms with Crippen molar-refractivity contribution in [3.05, 3.63) is 212 Å². The molecule has 0 saturated heterocycles. The van der Waals surface area contributed by atoms with Crippen LogP contribution in [0.3, 0.4) is 0 Å². The Kier molecular flexibility index (Phi) is 7.96. The molecule has 13 rings (SSSR count). The van der Waals surface area contributed by atoms with Crippen LogP contribution in [0.1, 0.15) is 0 Å². The number of anilines is 6. The third kappa shape index (κ3) is 5.66. The first kappa shape index (κ1) is 36.0. The van der Waals surface area contributed by atoms with Gasteiger partial charge in [0.05, 0.1) is 0 Å². The summed E-state index contributed by atoms with van der Waals surface area (Å²) in [6.45, 7) is 0. The molecule has 64 heavy (non-hydrogen) atoms. The summed E-state index contributed by atoms with van der Waals surface area (Å²) in [4.78, 5) is 4.42. The van der Waals surface area contributed by atoms with Gasteiger partial charge in [-0.15, -0.1) is 0 Å². The van der Waals surface area contributed by atoms with Crippen LogP contribution in [0.15, 0.2) is 221 Å². The van der Waals surface area contributed by atoms with Gasteiger partial charge in [0.2, 0.25) is 0 Å². The molecule has 3 heterocycles. The molecule has 0 radical (unpaired) electrons. The van der Waals surface area contributed by atoms with Gasteiger partial charge in [-0.1, -0.05) is 91.0 Å². The van der Waals surface area contributed by atoms with E-state index in [2.05, 4.69) is 143 Å². The van der Waals surface area contributed by atoms with E-state index >= 15 is 0 Å². The quantitative estimate of drug-likeness (QED) is 0.173. The lowest BCUT2D eigenvalue weighted by atomic mass is 9.90. The number of hydrogen-bond donors (Lipinski definition) is 1. The molecule has 1 aliphatic heterocycles. The Morgan fingerprint density at radius 1 is 0.297 bits per heavy atom. The standard InChI is InChI=1S/C58H36N2O4/c61-51-34-40(60(38-24-29-54-49(32-38)44-16-7-9-20-52(44)62-54)39-25-30-55-50(33-39)45-17-8-10-21-53(45)63-55)22-26-43(51)42-28-31-56-58-47(42)18-11-19-48(58)46-27-23-41(35-57(46)64-56)59(36-12-3-1-4-13-36)37-14-5-2-6-15-37/h1-35,61H. The largest absolute Gasteiger partial charge is 0.507 e. The molecule has 1 aliphatic rings. The first-order chi connectivity index (χ1) is 31.6. The first-order valence-electron chi connectivity index (χ1n) is 21.4. The SMILES string of the molecule is Oc1cc(N(c2ccc3oc4ccccc4c3c2)c2ccc3oc4ccccc4c3c2)ccc1-c1ccc2c3c(cccc13)-c1ccc(N(c3ccccc3)c3ccccc3)cc1O2. The summed E-state index contributed by atoms with van der Waals surface area (Å²) in [6.07, 6.45) is 0. The van der Waals surface area contributed by atoms with Gasteiger partial charge in [-0.2, -0.15) is 0 Å². The highest BCUT2D eigenvalue weighted by Gasteiger charge is 2.25. The summed E-state index contributed by atoms with van der Waals surface area (Å²) >= 11 is 0. The monoisotopic (exact) mass is 824 g/mol. The molecule has 0 saturated carbocycles. The lowest BCUT2D eigenvalue weighted by molar-refractivity contribution is 0.477. The Labute approximate surface area is 367 Å². The van der Waals surface area contributed by atoms with Gasteiger partial charge in [0, 0.05) is 84.3 Å². The van der Waals surface area contributed by atoms with Crippen molar-refractivity contribution in [1.82, 2.24) is 0 Å². The lowest BCUT2D eigenvalue weighted by Gasteiger charge is -2.28. The molecular formula is C58H36N2O4. The Balaban J connectivity index is 0.919. The van der Waals surface area contributed by atoms with E-state index in [9.17, 15) is 5.11 Å². The average molecular weight is 825 g/mol. The minimum atomic E-state index is 0.163. The predicted octanol–water partition coefficient (Wildman–Crippen LogP) is 16.7. The number of furan rings is 2. The second-order valence-corrected chi connectivity index (χ2v) is 16.2. The molecule has 1 N–H and O–H groups in total. The third-order valence-corrected chi connectivity index (χ3v) is 12.5. The van der Waals surface area contributed by atoms with Crippen molar-refractivity contribution >= 4 is 88.8 Å². The minimum Gasteiger partial charge on any atom is -0.507 e. The molecule has 302 valence electrons. The lowest BCUT2D eigenvalue weighted by Crippen LogP contribution is -2.10. The number of rotatable bonds is 7. The van der Waals surface area contributed by atoms with Crippen LogP contribution in [0.5, 0.6) is 17.2 Å². The zero-order chi connectivity index (χ0) is 42.3. The number of phenols is 1. The topological polar surface area (TPSA) is 62.2 Å². The van der Waals surface area contributed by atoms with Gasteiger partial charge >= 0.3 is 0 Å². The molecule has 2 aromatic heterocycles.